The molecule has 2 aliphatic rings. The zero-order chi connectivity index (χ0) is 22.0. The van der Waals surface area contributed by atoms with Crippen molar-refractivity contribution in [3.05, 3.63) is 53.8 Å². The lowest BCUT2D eigenvalue weighted by atomic mass is 9.71. The van der Waals surface area contributed by atoms with E-state index in [0.717, 1.165) is 46.9 Å². The highest BCUT2D eigenvalue weighted by Crippen LogP contribution is 2.49. The van der Waals surface area contributed by atoms with Gasteiger partial charge in [0.05, 0.1) is 5.60 Å². The van der Waals surface area contributed by atoms with E-state index in [4.69, 9.17) is 14.9 Å². The van der Waals surface area contributed by atoms with Crippen LogP contribution in [0.3, 0.4) is 0 Å². The molecule has 0 spiro atoms. The van der Waals surface area contributed by atoms with Crippen molar-refractivity contribution in [1.82, 2.24) is 4.57 Å². The molecule has 0 saturated heterocycles. The van der Waals surface area contributed by atoms with Crippen LogP contribution in [0.2, 0.25) is 0 Å². The molecule has 2 aliphatic carbocycles. The molecule has 2 N–H and O–H groups in total. The summed E-state index contributed by atoms with van der Waals surface area (Å²) in [5, 5.41) is 19.2. The molecule has 164 valence electrons. The van der Waals surface area contributed by atoms with Gasteiger partial charge < -0.3 is 19.5 Å². The number of carbonyl (C=O) groups is 2. The SMILES string of the molecule is COC1(C2CCCC2)CC=C(CCC(=O)O)C=C1c1ccc2c(ccn2CC(=O)O)c1. The fourth-order valence-corrected chi connectivity index (χ4v) is 5.30. The number of allylic oxidation sites excluding steroid dienone is 2. The lowest BCUT2D eigenvalue weighted by Gasteiger charge is -2.42. The van der Waals surface area contributed by atoms with Crippen molar-refractivity contribution in [3.8, 4) is 0 Å². The Kier molecular flexibility index (Phi) is 6.01. The summed E-state index contributed by atoms with van der Waals surface area (Å²) in [4.78, 5) is 22.2. The summed E-state index contributed by atoms with van der Waals surface area (Å²) in [5.41, 5.74) is 3.66. The molecule has 6 nitrogen and oxygen atoms in total. The van der Waals surface area contributed by atoms with E-state index in [1.807, 2.05) is 18.2 Å². The predicted octanol–water partition coefficient (Wildman–Crippen LogP) is 4.88. The number of rotatable bonds is 8. The van der Waals surface area contributed by atoms with Gasteiger partial charge in [-0.1, -0.05) is 36.6 Å². The Balaban J connectivity index is 1.76. The van der Waals surface area contributed by atoms with Gasteiger partial charge in [-0.15, -0.1) is 0 Å². The largest absolute Gasteiger partial charge is 0.481 e. The highest BCUT2D eigenvalue weighted by Gasteiger charge is 2.44. The molecule has 0 amide bonds. The Morgan fingerprint density at radius 1 is 1.16 bits per heavy atom. The first kappa shape index (κ1) is 21.4. The highest BCUT2D eigenvalue weighted by atomic mass is 16.5. The standard InChI is InChI=1S/C25H29NO5/c1-31-25(20-4-2-3-5-20)12-10-17(6-9-23(27)28)14-21(25)18-7-8-22-19(15-18)11-13-26(22)16-24(29)30/h7-8,10-11,13-15,20H,2-6,9,12,16H2,1H3,(H,27,28)(H,29,30). The quantitative estimate of drug-likeness (QED) is 0.632. The van der Waals surface area contributed by atoms with Crippen molar-refractivity contribution in [2.45, 2.75) is 57.1 Å². The molecule has 1 heterocycles. The molecular formula is C25H29NO5. The van der Waals surface area contributed by atoms with Gasteiger partial charge in [-0.25, -0.2) is 0 Å². The fourth-order valence-electron chi connectivity index (χ4n) is 5.30. The number of methoxy groups -OCH3 is 1. The van der Waals surface area contributed by atoms with Gasteiger partial charge in [-0.3, -0.25) is 9.59 Å². The molecule has 31 heavy (non-hydrogen) atoms. The normalized spacial score (nSPS) is 21.8. The summed E-state index contributed by atoms with van der Waals surface area (Å²) in [7, 11) is 1.78. The first-order valence-corrected chi connectivity index (χ1v) is 10.9. The van der Waals surface area contributed by atoms with E-state index >= 15 is 0 Å². The van der Waals surface area contributed by atoms with Crippen LogP contribution in [0.25, 0.3) is 16.5 Å². The monoisotopic (exact) mass is 423 g/mol. The van der Waals surface area contributed by atoms with Crippen molar-refractivity contribution in [1.29, 1.82) is 0 Å². The number of aliphatic carboxylic acids is 2. The van der Waals surface area contributed by atoms with E-state index < -0.39 is 17.5 Å². The lowest BCUT2D eigenvalue weighted by Crippen LogP contribution is -2.41. The van der Waals surface area contributed by atoms with Gasteiger partial charge in [-0.05, 0) is 60.9 Å². The first-order chi connectivity index (χ1) is 14.9. The molecule has 1 atom stereocenters. The summed E-state index contributed by atoms with van der Waals surface area (Å²) in [6, 6.07) is 8.05. The Labute approximate surface area is 181 Å². The molecule has 1 saturated carbocycles. The van der Waals surface area contributed by atoms with Gasteiger partial charge in [0.25, 0.3) is 0 Å². The molecular weight excluding hydrogens is 394 g/mol. The zero-order valence-corrected chi connectivity index (χ0v) is 17.8. The van der Waals surface area contributed by atoms with Crippen LogP contribution in [0.15, 0.2) is 48.2 Å². The predicted molar refractivity (Wildman–Crippen MR) is 119 cm³/mol. The maximum Gasteiger partial charge on any atom is 0.323 e. The minimum atomic E-state index is -0.871. The molecule has 0 aliphatic heterocycles. The molecule has 0 bridgehead atoms. The molecule has 1 fully saturated rings. The van der Waals surface area contributed by atoms with Crippen molar-refractivity contribution >= 4 is 28.4 Å². The first-order valence-electron chi connectivity index (χ1n) is 10.9. The van der Waals surface area contributed by atoms with Crippen molar-refractivity contribution in [2.24, 2.45) is 5.92 Å². The van der Waals surface area contributed by atoms with E-state index in [1.165, 1.54) is 12.8 Å². The van der Waals surface area contributed by atoms with Crippen LogP contribution in [-0.2, 0) is 20.9 Å². The topological polar surface area (TPSA) is 88.8 Å². The van der Waals surface area contributed by atoms with Gasteiger partial charge in [0.15, 0.2) is 0 Å². The fraction of sp³-hybridized carbons (Fsp3) is 0.440. The summed E-state index contributed by atoms with van der Waals surface area (Å²) < 4.78 is 7.99. The van der Waals surface area contributed by atoms with E-state index in [1.54, 1.807) is 17.9 Å². The van der Waals surface area contributed by atoms with E-state index in [2.05, 4.69) is 18.2 Å². The lowest BCUT2D eigenvalue weighted by molar-refractivity contribution is -0.138. The van der Waals surface area contributed by atoms with Gasteiger partial charge in [0.2, 0.25) is 0 Å². The second-order valence-corrected chi connectivity index (χ2v) is 8.62. The van der Waals surface area contributed by atoms with Crippen LogP contribution in [-0.4, -0.2) is 39.4 Å². The van der Waals surface area contributed by atoms with Crippen molar-refractivity contribution in [2.75, 3.05) is 7.11 Å². The Hall–Kier alpha value is -2.86. The minimum Gasteiger partial charge on any atom is -0.481 e. The summed E-state index contributed by atoms with van der Waals surface area (Å²) >= 11 is 0. The van der Waals surface area contributed by atoms with Crippen LogP contribution in [0.4, 0.5) is 0 Å². The maximum absolute atomic E-state index is 11.1. The highest BCUT2D eigenvalue weighted by molar-refractivity contribution is 5.88. The maximum atomic E-state index is 11.1. The molecule has 4 rings (SSSR count). The van der Waals surface area contributed by atoms with Crippen molar-refractivity contribution < 1.29 is 24.5 Å². The van der Waals surface area contributed by atoms with Gasteiger partial charge in [-0.2, -0.15) is 0 Å². The Morgan fingerprint density at radius 2 is 1.94 bits per heavy atom. The molecule has 1 aromatic carbocycles. The third-order valence-corrected chi connectivity index (χ3v) is 6.85. The average Bonchev–Trinajstić information content (AvgIpc) is 3.42. The molecule has 1 aromatic heterocycles. The van der Waals surface area contributed by atoms with E-state index in [0.29, 0.717) is 12.3 Å². The van der Waals surface area contributed by atoms with Crippen LogP contribution in [0.5, 0.6) is 0 Å². The van der Waals surface area contributed by atoms with Crippen LogP contribution in [0.1, 0.15) is 50.5 Å². The number of hydrogen-bond donors (Lipinski definition) is 2. The number of benzene rings is 1. The minimum absolute atomic E-state index is 0.0717. The number of aromatic nitrogens is 1. The van der Waals surface area contributed by atoms with Gasteiger partial charge in [0, 0.05) is 30.6 Å². The van der Waals surface area contributed by atoms with Crippen molar-refractivity contribution in [3.63, 3.8) is 0 Å². The smallest absolute Gasteiger partial charge is 0.323 e. The van der Waals surface area contributed by atoms with Crippen LogP contribution in [0, 0.1) is 5.92 Å². The molecule has 2 aromatic rings. The number of carboxylic acids is 2. The number of nitrogens with zero attached hydrogens (tertiary/aromatic N) is 1. The molecule has 6 heteroatoms. The third kappa shape index (κ3) is 4.17. The average molecular weight is 424 g/mol. The molecule has 1 unspecified atom stereocenters. The number of carboxylic acid groups (broad SMARTS) is 2. The second kappa shape index (κ2) is 8.71. The van der Waals surface area contributed by atoms with E-state index in [-0.39, 0.29) is 13.0 Å². The second-order valence-electron chi connectivity index (χ2n) is 8.62. The Morgan fingerprint density at radius 3 is 2.61 bits per heavy atom. The number of ether oxygens (including phenoxy) is 1. The molecule has 0 radical (unpaired) electrons. The number of fused-ring (bicyclic) bond motifs is 1. The number of hydrogen-bond acceptors (Lipinski definition) is 3. The Bertz CT molecular complexity index is 1060. The third-order valence-electron chi connectivity index (χ3n) is 6.85. The van der Waals surface area contributed by atoms with Gasteiger partial charge in [0.1, 0.15) is 6.54 Å². The van der Waals surface area contributed by atoms with Crippen LogP contribution >= 0.6 is 0 Å². The zero-order valence-electron chi connectivity index (χ0n) is 17.8. The summed E-state index contributed by atoms with van der Waals surface area (Å²) in [6.45, 7) is -0.0717. The van der Waals surface area contributed by atoms with Crippen LogP contribution < -0.4 is 0 Å². The summed E-state index contributed by atoms with van der Waals surface area (Å²) in [6.07, 6.45) is 12.1. The van der Waals surface area contributed by atoms with E-state index in [9.17, 15) is 9.59 Å². The van der Waals surface area contributed by atoms with Gasteiger partial charge >= 0.3 is 11.9 Å². The summed E-state index contributed by atoms with van der Waals surface area (Å²) in [5.74, 6) is -1.24.